The number of benzene rings is 1. The van der Waals surface area contributed by atoms with Gasteiger partial charge in [0.1, 0.15) is 5.75 Å². The van der Waals surface area contributed by atoms with Crippen molar-refractivity contribution in [2.75, 3.05) is 20.8 Å². The summed E-state index contributed by atoms with van der Waals surface area (Å²) < 4.78 is 10.0. The summed E-state index contributed by atoms with van der Waals surface area (Å²) in [6, 6.07) is 5.02. The molecule has 0 radical (unpaired) electrons. The summed E-state index contributed by atoms with van der Waals surface area (Å²) in [4.78, 5) is 11.8. The summed E-state index contributed by atoms with van der Waals surface area (Å²) in [5.41, 5.74) is 0.572. The molecule has 3 nitrogen and oxygen atoms in total. The van der Waals surface area contributed by atoms with E-state index in [9.17, 15) is 4.79 Å². The second-order valence-electron chi connectivity index (χ2n) is 3.36. The van der Waals surface area contributed by atoms with Crippen LogP contribution in [0.1, 0.15) is 23.2 Å². The van der Waals surface area contributed by atoms with Crippen LogP contribution in [0.5, 0.6) is 5.75 Å². The van der Waals surface area contributed by atoms with Gasteiger partial charge in [-0.3, -0.25) is 4.79 Å². The third-order valence-corrected chi connectivity index (χ3v) is 2.45. The molecule has 0 saturated heterocycles. The van der Waals surface area contributed by atoms with Crippen LogP contribution in [0.15, 0.2) is 18.2 Å². The highest BCUT2D eigenvalue weighted by molar-refractivity contribution is 6.30. The molecular formula is C12H15ClO3. The molecule has 88 valence electrons. The van der Waals surface area contributed by atoms with Crippen LogP contribution in [0, 0.1) is 0 Å². The van der Waals surface area contributed by atoms with E-state index < -0.39 is 0 Å². The van der Waals surface area contributed by atoms with Gasteiger partial charge in [0.15, 0.2) is 5.78 Å². The van der Waals surface area contributed by atoms with Crippen molar-refractivity contribution in [1.82, 2.24) is 0 Å². The van der Waals surface area contributed by atoms with Crippen molar-refractivity contribution >= 4 is 17.4 Å². The Morgan fingerprint density at radius 1 is 1.38 bits per heavy atom. The van der Waals surface area contributed by atoms with Gasteiger partial charge < -0.3 is 9.47 Å². The molecule has 0 N–H and O–H groups in total. The third kappa shape index (κ3) is 3.51. The molecule has 16 heavy (non-hydrogen) atoms. The normalized spacial score (nSPS) is 10.2. The van der Waals surface area contributed by atoms with E-state index in [1.807, 2.05) is 0 Å². The first-order valence-electron chi connectivity index (χ1n) is 5.04. The predicted octanol–water partition coefficient (Wildman–Crippen LogP) is 2.96. The van der Waals surface area contributed by atoms with Crippen LogP contribution in [0.4, 0.5) is 0 Å². The average Bonchev–Trinajstić information content (AvgIpc) is 2.29. The number of hydrogen-bond donors (Lipinski definition) is 0. The van der Waals surface area contributed by atoms with E-state index in [0.29, 0.717) is 35.8 Å². The largest absolute Gasteiger partial charge is 0.496 e. The molecule has 0 saturated carbocycles. The van der Waals surface area contributed by atoms with Gasteiger partial charge in [-0.25, -0.2) is 0 Å². The molecule has 4 heteroatoms. The highest BCUT2D eigenvalue weighted by Crippen LogP contribution is 2.24. The summed E-state index contributed by atoms with van der Waals surface area (Å²) in [5.74, 6) is 0.570. The first kappa shape index (κ1) is 13.0. The van der Waals surface area contributed by atoms with Crippen LogP contribution >= 0.6 is 11.6 Å². The Hall–Kier alpha value is -1.06. The molecule has 1 aromatic rings. The minimum atomic E-state index is 0.0468. The number of carbonyl (C=O) groups is 1. The molecule has 0 unspecified atom stereocenters. The third-order valence-electron chi connectivity index (χ3n) is 2.22. The van der Waals surface area contributed by atoms with E-state index in [-0.39, 0.29) is 5.78 Å². The van der Waals surface area contributed by atoms with Crippen molar-refractivity contribution in [2.24, 2.45) is 0 Å². The van der Waals surface area contributed by atoms with Gasteiger partial charge in [-0.15, -0.1) is 0 Å². The minimum Gasteiger partial charge on any atom is -0.496 e. The number of rotatable bonds is 6. The molecule has 1 aromatic carbocycles. The van der Waals surface area contributed by atoms with Crippen LogP contribution in [-0.4, -0.2) is 26.6 Å². The molecule has 0 amide bonds. The van der Waals surface area contributed by atoms with Crippen molar-refractivity contribution in [3.63, 3.8) is 0 Å². The molecular weight excluding hydrogens is 228 g/mol. The lowest BCUT2D eigenvalue weighted by molar-refractivity contribution is 0.0960. The molecule has 1 rings (SSSR count). The number of carbonyl (C=O) groups excluding carboxylic acids is 1. The zero-order valence-electron chi connectivity index (χ0n) is 9.46. The maximum atomic E-state index is 11.8. The van der Waals surface area contributed by atoms with E-state index in [4.69, 9.17) is 21.1 Å². The van der Waals surface area contributed by atoms with E-state index in [1.165, 1.54) is 7.11 Å². The fourth-order valence-electron chi connectivity index (χ4n) is 1.41. The molecule has 0 aliphatic carbocycles. The standard InChI is InChI=1S/C12H15ClO3/c1-15-7-3-4-11(14)10-6-5-9(13)8-12(10)16-2/h5-6,8H,3-4,7H2,1-2H3. The van der Waals surface area contributed by atoms with E-state index in [2.05, 4.69) is 0 Å². The molecule has 0 aliphatic rings. The maximum absolute atomic E-state index is 11.8. The topological polar surface area (TPSA) is 35.5 Å². The second-order valence-corrected chi connectivity index (χ2v) is 3.80. The molecule has 0 atom stereocenters. The minimum absolute atomic E-state index is 0.0468. The van der Waals surface area contributed by atoms with Gasteiger partial charge in [-0.05, 0) is 24.6 Å². The van der Waals surface area contributed by atoms with Gasteiger partial charge in [0.2, 0.25) is 0 Å². The highest BCUT2D eigenvalue weighted by atomic mass is 35.5. The van der Waals surface area contributed by atoms with Crippen molar-refractivity contribution in [1.29, 1.82) is 0 Å². The Labute approximate surface area is 100 Å². The molecule has 0 aromatic heterocycles. The predicted molar refractivity (Wildman–Crippen MR) is 63.4 cm³/mol. The zero-order chi connectivity index (χ0) is 12.0. The molecule has 0 spiro atoms. The van der Waals surface area contributed by atoms with Crippen molar-refractivity contribution < 1.29 is 14.3 Å². The fraction of sp³-hybridized carbons (Fsp3) is 0.417. The molecule has 0 fully saturated rings. The molecule has 0 aliphatic heterocycles. The Balaban J connectivity index is 2.74. The maximum Gasteiger partial charge on any atom is 0.166 e. The van der Waals surface area contributed by atoms with E-state index >= 15 is 0 Å². The van der Waals surface area contributed by atoms with Gasteiger partial charge in [0.25, 0.3) is 0 Å². The first-order chi connectivity index (χ1) is 7.69. The average molecular weight is 243 g/mol. The number of Topliss-reactive ketones (excluding diaryl/α,β-unsaturated/α-hetero) is 1. The highest BCUT2D eigenvalue weighted by Gasteiger charge is 2.11. The SMILES string of the molecule is COCCCC(=O)c1ccc(Cl)cc1OC. The zero-order valence-corrected chi connectivity index (χ0v) is 10.2. The van der Waals surface area contributed by atoms with E-state index in [0.717, 1.165) is 0 Å². The number of halogens is 1. The Kier molecular flexibility index (Phi) is 5.29. The summed E-state index contributed by atoms with van der Waals surface area (Å²) in [6.45, 7) is 0.585. The number of ether oxygens (including phenoxy) is 2. The van der Waals surface area contributed by atoms with Gasteiger partial charge in [0, 0.05) is 25.2 Å². The van der Waals surface area contributed by atoms with Crippen LogP contribution < -0.4 is 4.74 Å². The van der Waals surface area contributed by atoms with Crippen LogP contribution in [0.25, 0.3) is 0 Å². The Morgan fingerprint density at radius 2 is 2.12 bits per heavy atom. The summed E-state index contributed by atoms with van der Waals surface area (Å²) in [7, 11) is 3.14. The van der Waals surface area contributed by atoms with Crippen LogP contribution in [-0.2, 0) is 4.74 Å². The molecule has 0 bridgehead atoms. The summed E-state index contributed by atoms with van der Waals surface area (Å²) >= 11 is 5.82. The van der Waals surface area contributed by atoms with Crippen molar-refractivity contribution in [3.8, 4) is 5.75 Å². The number of methoxy groups -OCH3 is 2. The fourth-order valence-corrected chi connectivity index (χ4v) is 1.57. The smallest absolute Gasteiger partial charge is 0.166 e. The summed E-state index contributed by atoms with van der Waals surface area (Å²) in [6.07, 6.45) is 1.16. The van der Waals surface area contributed by atoms with Crippen LogP contribution in [0.3, 0.4) is 0 Å². The van der Waals surface area contributed by atoms with Crippen LogP contribution in [0.2, 0.25) is 5.02 Å². The summed E-state index contributed by atoms with van der Waals surface area (Å²) in [5, 5.41) is 0.560. The van der Waals surface area contributed by atoms with Gasteiger partial charge in [0.05, 0.1) is 12.7 Å². The number of ketones is 1. The first-order valence-corrected chi connectivity index (χ1v) is 5.42. The second kappa shape index (κ2) is 6.51. The lowest BCUT2D eigenvalue weighted by Crippen LogP contribution is -2.03. The monoisotopic (exact) mass is 242 g/mol. The van der Waals surface area contributed by atoms with Crippen molar-refractivity contribution in [2.45, 2.75) is 12.8 Å². The van der Waals surface area contributed by atoms with E-state index in [1.54, 1.807) is 25.3 Å². The lowest BCUT2D eigenvalue weighted by Gasteiger charge is -2.07. The van der Waals surface area contributed by atoms with Crippen molar-refractivity contribution in [3.05, 3.63) is 28.8 Å². The molecule has 0 heterocycles. The Bertz CT molecular complexity index is 363. The quantitative estimate of drug-likeness (QED) is 0.568. The van der Waals surface area contributed by atoms with Gasteiger partial charge >= 0.3 is 0 Å². The lowest BCUT2D eigenvalue weighted by atomic mass is 10.1. The van der Waals surface area contributed by atoms with Gasteiger partial charge in [-0.1, -0.05) is 11.6 Å². The van der Waals surface area contributed by atoms with Gasteiger partial charge in [-0.2, -0.15) is 0 Å². The Morgan fingerprint density at radius 3 is 2.75 bits per heavy atom. The number of hydrogen-bond acceptors (Lipinski definition) is 3.